The van der Waals surface area contributed by atoms with Gasteiger partial charge in [-0.1, -0.05) is 12.1 Å². The zero-order valence-electron chi connectivity index (χ0n) is 23.5. The Morgan fingerprint density at radius 2 is 1.86 bits per heavy atom. The Bertz CT molecular complexity index is 1190. The van der Waals surface area contributed by atoms with Crippen molar-refractivity contribution in [3.63, 3.8) is 0 Å². The third-order valence-corrected chi connectivity index (χ3v) is 8.19. The first-order chi connectivity index (χ1) is 20.2. The van der Waals surface area contributed by atoms with Gasteiger partial charge in [0.15, 0.2) is 17.3 Å². The van der Waals surface area contributed by atoms with Crippen molar-refractivity contribution in [2.24, 2.45) is 0 Å². The Morgan fingerprint density at radius 3 is 2.55 bits per heavy atom. The summed E-state index contributed by atoms with van der Waals surface area (Å²) in [5, 5.41) is 6.61. The van der Waals surface area contributed by atoms with E-state index in [-0.39, 0.29) is 48.2 Å². The lowest BCUT2D eigenvalue weighted by Crippen LogP contribution is -2.52. The summed E-state index contributed by atoms with van der Waals surface area (Å²) >= 11 is 0. The van der Waals surface area contributed by atoms with Gasteiger partial charge in [0.05, 0.1) is 31.5 Å². The zero-order valence-corrected chi connectivity index (χ0v) is 23.5. The summed E-state index contributed by atoms with van der Waals surface area (Å²) in [6.45, 7) is 2.05. The van der Waals surface area contributed by atoms with Crippen LogP contribution in [0.2, 0.25) is 0 Å². The number of amides is 1. The highest BCUT2D eigenvalue weighted by Gasteiger charge is 2.33. The van der Waals surface area contributed by atoms with Gasteiger partial charge < -0.3 is 29.7 Å². The Labute approximate surface area is 242 Å². The maximum Gasteiger partial charge on any atom is 0.416 e. The Kier molecular flexibility index (Phi) is 9.79. The lowest BCUT2D eigenvalue weighted by molar-refractivity contribution is -0.137. The normalized spacial score (nSPS) is 25.7. The average molecular weight is 596 g/mol. The van der Waals surface area contributed by atoms with E-state index in [1.165, 1.54) is 25.6 Å². The molecule has 42 heavy (non-hydrogen) atoms. The second-order valence-electron chi connectivity index (χ2n) is 11.0. The van der Waals surface area contributed by atoms with E-state index in [1.807, 2.05) is 0 Å². The van der Waals surface area contributed by atoms with Crippen molar-refractivity contribution in [2.45, 2.75) is 75.2 Å². The van der Waals surface area contributed by atoms with Crippen molar-refractivity contribution in [1.29, 1.82) is 0 Å². The zero-order chi connectivity index (χ0) is 29.7. The number of benzene rings is 1. The molecule has 1 amide bonds. The Balaban J connectivity index is 1.16. The van der Waals surface area contributed by atoms with Crippen LogP contribution in [-0.2, 0) is 15.7 Å². The van der Waals surface area contributed by atoms with Gasteiger partial charge in [-0.2, -0.15) is 13.2 Å². The van der Waals surface area contributed by atoms with E-state index in [4.69, 9.17) is 14.2 Å². The van der Waals surface area contributed by atoms with Crippen LogP contribution in [0.4, 0.5) is 23.4 Å². The number of carbonyl (C=O) groups excluding carboxylic acids is 1. The summed E-state index contributed by atoms with van der Waals surface area (Å²) in [5.74, 6) is 0.336. The summed E-state index contributed by atoms with van der Waals surface area (Å²) in [4.78, 5) is 23.6. The minimum Gasteiger partial charge on any atom is -0.491 e. The van der Waals surface area contributed by atoms with Gasteiger partial charge in [-0.25, -0.2) is 14.4 Å². The van der Waals surface area contributed by atoms with Gasteiger partial charge in [0.1, 0.15) is 12.5 Å². The fraction of sp³-hybridized carbons (Fsp3) is 0.621. The number of rotatable bonds is 8. The molecular formula is C29H37F4N5O4. The van der Waals surface area contributed by atoms with E-state index in [1.54, 1.807) is 4.90 Å². The molecule has 13 heteroatoms. The van der Waals surface area contributed by atoms with Gasteiger partial charge in [0.25, 0.3) is 5.91 Å². The third kappa shape index (κ3) is 7.30. The molecule has 1 aromatic carbocycles. The van der Waals surface area contributed by atoms with Crippen LogP contribution in [0.15, 0.2) is 30.6 Å². The smallest absolute Gasteiger partial charge is 0.416 e. The van der Waals surface area contributed by atoms with E-state index < -0.39 is 17.9 Å². The van der Waals surface area contributed by atoms with Gasteiger partial charge in [-0.3, -0.25) is 4.79 Å². The predicted octanol–water partition coefficient (Wildman–Crippen LogP) is 4.55. The number of nitrogens with zero attached hydrogens (tertiary/aromatic N) is 3. The van der Waals surface area contributed by atoms with E-state index in [9.17, 15) is 22.4 Å². The summed E-state index contributed by atoms with van der Waals surface area (Å²) in [6.07, 6.45) is -0.238. The molecule has 2 N–H and O–H groups in total. The van der Waals surface area contributed by atoms with Crippen LogP contribution in [0, 0.1) is 0 Å². The first-order valence-corrected chi connectivity index (χ1v) is 14.5. The molecule has 4 atom stereocenters. The van der Waals surface area contributed by atoms with Gasteiger partial charge in [-0.15, -0.1) is 0 Å². The highest BCUT2D eigenvalue weighted by molar-refractivity contribution is 5.96. The molecule has 5 rings (SSSR count). The number of anilines is 1. The fourth-order valence-corrected chi connectivity index (χ4v) is 5.83. The number of piperidine rings is 1. The molecule has 230 valence electrons. The SMILES string of the molecule is COc1c(NC[C@H]2CCC[C@@H](c3ccc(C(F)(F)F)cc3)O2)ncnc1C(=O)N1CCC(NC2CCOCC2F)CC1. The van der Waals surface area contributed by atoms with Crippen molar-refractivity contribution >= 4 is 11.7 Å². The molecular weight excluding hydrogens is 558 g/mol. The highest BCUT2D eigenvalue weighted by Crippen LogP contribution is 2.35. The van der Waals surface area contributed by atoms with Crippen molar-refractivity contribution in [3.05, 3.63) is 47.4 Å². The summed E-state index contributed by atoms with van der Waals surface area (Å²) in [5.41, 5.74) is 0.172. The van der Waals surface area contributed by atoms with Crippen LogP contribution in [0.3, 0.4) is 0 Å². The number of halogens is 4. The molecule has 2 unspecified atom stereocenters. The molecule has 0 saturated carbocycles. The molecule has 9 nitrogen and oxygen atoms in total. The van der Waals surface area contributed by atoms with Crippen LogP contribution >= 0.6 is 0 Å². The summed E-state index contributed by atoms with van der Waals surface area (Å²) < 4.78 is 69.9. The minimum atomic E-state index is -4.38. The van der Waals surface area contributed by atoms with Crippen LogP contribution in [0.5, 0.6) is 5.75 Å². The average Bonchev–Trinajstić information content (AvgIpc) is 3.00. The highest BCUT2D eigenvalue weighted by atomic mass is 19.4. The summed E-state index contributed by atoms with van der Waals surface area (Å²) in [7, 11) is 1.45. The molecule has 3 aliphatic heterocycles. The maximum absolute atomic E-state index is 14.1. The molecule has 0 bridgehead atoms. The Hall–Kier alpha value is -3.03. The van der Waals surface area contributed by atoms with Crippen molar-refractivity contribution in [1.82, 2.24) is 20.2 Å². The minimum absolute atomic E-state index is 0.117. The first-order valence-electron chi connectivity index (χ1n) is 14.5. The number of ether oxygens (including phenoxy) is 3. The second-order valence-corrected chi connectivity index (χ2v) is 11.0. The van der Waals surface area contributed by atoms with Crippen molar-refractivity contribution < 1.29 is 36.6 Å². The van der Waals surface area contributed by atoms with Gasteiger partial charge >= 0.3 is 6.18 Å². The molecule has 4 heterocycles. The van der Waals surface area contributed by atoms with Crippen LogP contribution < -0.4 is 15.4 Å². The quantitative estimate of drug-likeness (QED) is 0.430. The number of hydrogen-bond donors (Lipinski definition) is 2. The largest absolute Gasteiger partial charge is 0.491 e. The van der Waals surface area contributed by atoms with E-state index in [0.717, 1.165) is 25.0 Å². The molecule has 1 aromatic heterocycles. The summed E-state index contributed by atoms with van der Waals surface area (Å²) in [6, 6.07) is 5.00. The second kappa shape index (κ2) is 13.5. The molecule has 0 aliphatic carbocycles. The topological polar surface area (TPSA) is 97.8 Å². The van der Waals surface area contributed by atoms with E-state index in [0.29, 0.717) is 63.3 Å². The number of aromatic nitrogens is 2. The standard InChI is InChI=1S/C29H37F4N5O4/c1-40-26-25(28(39)38-12-9-20(10-13-38)37-23-11-14-41-16-22(23)30)35-17-36-27(26)34-15-21-3-2-4-24(42-21)18-5-7-19(8-6-18)29(31,32)33/h5-8,17,20-24,37H,2-4,9-16H2,1H3,(H,34,35,36)/t21-,22?,23?,24+/m1/s1. The number of nitrogens with one attached hydrogen (secondary N) is 2. The van der Waals surface area contributed by atoms with E-state index in [2.05, 4.69) is 20.6 Å². The Morgan fingerprint density at radius 1 is 1.10 bits per heavy atom. The van der Waals surface area contributed by atoms with Crippen LogP contribution in [0.1, 0.15) is 66.2 Å². The number of hydrogen-bond acceptors (Lipinski definition) is 8. The van der Waals surface area contributed by atoms with Gasteiger partial charge in [0.2, 0.25) is 0 Å². The molecule has 0 radical (unpaired) electrons. The van der Waals surface area contributed by atoms with Crippen LogP contribution in [0.25, 0.3) is 0 Å². The molecule has 3 aliphatic rings. The predicted molar refractivity (Wildman–Crippen MR) is 146 cm³/mol. The van der Waals surface area contributed by atoms with Crippen molar-refractivity contribution in [3.8, 4) is 5.75 Å². The maximum atomic E-state index is 14.1. The van der Waals surface area contributed by atoms with E-state index >= 15 is 0 Å². The molecule has 0 spiro atoms. The van der Waals surface area contributed by atoms with Crippen LogP contribution in [-0.4, -0.2) is 85.1 Å². The lowest BCUT2D eigenvalue weighted by atomic mass is 9.97. The fourth-order valence-electron chi connectivity index (χ4n) is 5.83. The number of carbonyl (C=O) groups is 1. The molecule has 3 fully saturated rings. The first kappa shape index (κ1) is 30.4. The number of likely N-dealkylation sites (tertiary alicyclic amines) is 1. The van der Waals surface area contributed by atoms with Gasteiger partial charge in [-0.05, 0) is 56.2 Å². The molecule has 2 aromatic rings. The number of methoxy groups -OCH3 is 1. The molecule has 3 saturated heterocycles. The number of alkyl halides is 4. The van der Waals surface area contributed by atoms with Gasteiger partial charge in [0, 0.05) is 38.3 Å². The van der Waals surface area contributed by atoms with Crippen molar-refractivity contribution in [2.75, 3.05) is 45.3 Å². The lowest BCUT2D eigenvalue weighted by Gasteiger charge is -2.36. The monoisotopic (exact) mass is 595 g/mol. The third-order valence-electron chi connectivity index (χ3n) is 8.19.